The van der Waals surface area contributed by atoms with Gasteiger partial charge in [-0.25, -0.2) is 12.8 Å². The van der Waals surface area contributed by atoms with Gasteiger partial charge < -0.3 is 4.90 Å². The Hall–Kier alpha value is -2.41. The summed E-state index contributed by atoms with van der Waals surface area (Å²) in [5.74, 6) is -0.715. The minimum Gasteiger partial charge on any atom is -0.341 e. The molecule has 2 aromatic carbocycles. The lowest BCUT2D eigenvalue weighted by molar-refractivity contribution is -0.130. The second-order valence-corrected chi connectivity index (χ2v) is 7.71. The molecule has 134 valence electrons. The lowest BCUT2D eigenvalue weighted by Gasteiger charge is -2.24. The standard InChI is InChI=1S/C18H21FN2O3S/c1-20(14-15-7-4-3-5-8-15)18(22)11-12-21(25(2,23)24)17-10-6-9-16(19)13-17/h3-10,13H,11-12,14H2,1-2H3. The van der Waals surface area contributed by atoms with Crippen molar-refractivity contribution in [1.82, 2.24) is 4.90 Å². The highest BCUT2D eigenvalue weighted by Gasteiger charge is 2.20. The molecule has 0 saturated heterocycles. The van der Waals surface area contributed by atoms with E-state index in [1.54, 1.807) is 11.9 Å². The Morgan fingerprint density at radius 3 is 2.36 bits per heavy atom. The molecule has 0 N–H and O–H groups in total. The van der Waals surface area contributed by atoms with Crippen LogP contribution in [0, 0.1) is 5.82 Å². The molecule has 0 spiro atoms. The zero-order chi connectivity index (χ0) is 18.4. The number of hydrogen-bond donors (Lipinski definition) is 0. The first kappa shape index (κ1) is 18.9. The fraction of sp³-hybridized carbons (Fsp3) is 0.278. The number of hydrogen-bond acceptors (Lipinski definition) is 3. The van der Waals surface area contributed by atoms with Gasteiger partial charge in [-0.05, 0) is 23.8 Å². The van der Waals surface area contributed by atoms with Crippen molar-refractivity contribution in [2.24, 2.45) is 0 Å². The van der Waals surface area contributed by atoms with Crippen LogP contribution in [-0.2, 0) is 21.4 Å². The van der Waals surface area contributed by atoms with Crippen molar-refractivity contribution in [3.8, 4) is 0 Å². The average molecular weight is 364 g/mol. The number of anilines is 1. The van der Waals surface area contributed by atoms with E-state index in [1.807, 2.05) is 30.3 Å². The molecule has 0 heterocycles. The van der Waals surface area contributed by atoms with E-state index < -0.39 is 15.8 Å². The highest BCUT2D eigenvalue weighted by molar-refractivity contribution is 7.92. The number of rotatable bonds is 7. The van der Waals surface area contributed by atoms with Crippen LogP contribution in [0.25, 0.3) is 0 Å². The minimum absolute atomic E-state index is 0.00686. The Balaban J connectivity index is 2.04. The monoisotopic (exact) mass is 364 g/mol. The molecule has 0 saturated carbocycles. The summed E-state index contributed by atoms with van der Waals surface area (Å²) >= 11 is 0. The lowest BCUT2D eigenvalue weighted by atomic mass is 10.2. The molecule has 25 heavy (non-hydrogen) atoms. The number of carbonyl (C=O) groups is 1. The largest absolute Gasteiger partial charge is 0.341 e. The Kier molecular flexibility index (Phi) is 6.14. The quantitative estimate of drug-likeness (QED) is 0.759. The van der Waals surface area contributed by atoms with Gasteiger partial charge in [0.1, 0.15) is 5.82 Å². The van der Waals surface area contributed by atoms with Gasteiger partial charge >= 0.3 is 0 Å². The topological polar surface area (TPSA) is 57.7 Å². The molecule has 0 unspecified atom stereocenters. The van der Waals surface area contributed by atoms with Crippen LogP contribution in [0.4, 0.5) is 10.1 Å². The zero-order valence-corrected chi connectivity index (χ0v) is 15.0. The van der Waals surface area contributed by atoms with Gasteiger partial charge in [0.2, 0.25) is 15.9 Å². The number of amides is 1. The fourth-order valence-electron chi connectivity index (χ4n) is 2.45. The van der Waals surface area contributed by atoms with Crippen molar-refractivity contribution in [3.63, 3.8) is 0 Å². The summed E-state index contributed by atoms with van der Waals surface area (Å²) in [4.78, 5) is 13.9. The minimum atomic E-state index is -3.62. The number of sulfonamides is 1. The maximum absolute atomic E-state index is 13.4. The van der Waals surface area contributed by atoms with Crippen LogP contribution in [0.1, 0.15) is 12.0 Å². The van der Waals surface area contributed by atoms with E-state index in [2.05, 4.69) is 0 Å². The molecular formula is C18H21FN2O3S. The van der Waals surface area contributed by atoms with E-state index in [9.17, 15) is 17.6 Å². The van der Waals surface area contributed by atoms with Crippen molar-refractivity contribution in [2.75, 3.05) is 24.2 Å². The molecule has 0 atom stereocenters. The van der Waals surface area contributed by atoms with Crippen LogP contribution in [0.3, 0.4) is 0 Å². The van der Waals surface area contributed by atoms with Gasteiger partial charge in [-0.1, -0.05) is 36.4 Å². The summed E-state index contributed by atoms with van der Waals surface area (Å²) in [7, 11) is -1.95. The molecular weight excluding hydrogens is 343 g/mol. The predicted octanol–water partition coefficient (Wildman–Crippen LogP) is 2.64. The number of carbonyl (C=O) groups excluding carboxylic acids is 1. The van der Waals surface area contributed by atoms with Crippen molar-refractivity contribution in [3.05, 3.63) is 66.0 Å². The number of nitrogens with zero attached hydrogens (tertiary/aromatic N) is 2. The van der Waals surface area contributed by atoms with Gasteiger partial charge in [0.05, 0.1) is 11.9 Å². The normalized spacial score (nSPS) is 11.2. The van der Waals surface area contributed by atoms with Gasteiger partial charge in [0.15, 0.2) is 0 Å². The second kappa shape index (κ2) is 8.11. The van der Waals surface area contributed by atoms with Crippen LogP contribution < -0.4 is 4.31 Å². The van der Waals surface area contributed by atoms with Crippen LogP contribution in [0.5, 0.6) is 0 Å². The number of benzene rings is 2. The first-order chi connectivity index (χ1) is 11.8. The molecule has 0 radical (unpaired) electrons. The van der Waals surface area contributed by atoms with Gasteiger partial charge in [-0.15, -0.1) is 0 Å². The maximum Gasteiger partial charge on any atom is 0.232 e. The first-order valence-corrected chi connectivity index (χ1v) is 9.63. The van der Waals surface area contributed by atoms with Gasteiger partial charge in [0.25, 0.3) is 0 Å². The Morgan fingerprint density at radius 1 is 1.08 bits per heavy atom. The third-order valence-corrected chi connectivity index (χ3v) is 4.91. The SMILES string of the molecule is CN(Cc1ccccc1)C(=O)CCN(c1cccc(F)c1)S(C)(=O)=O. The highest BCUT2D eigenvalue weighted by atomic mass is 32.2. The van der Waals surface area contributed by atoms with Crippen LogP contribution in [0.2, 0.25) is 0 Å². The van der Waals surface area contributed by atoms with E-state index in [0.29, 0.717) is 6.54 Å². The molecule has 0 aliphatic carbocycles. The molecule has 1 amide bonds. The third-order valence-electron chi connectivity index (χ3n) is 3.71. The molecule has 0 aliphatic heterocycles. The summed E-state index contributed by atoms with van der Waals surface area (Å²) in [5, 5.41) is 0. The Bertz CT molecular complexity index is 825. The second-order valence-electron chi connectivity index (χ2n) is 5.80. The number of halogens is 1. The van der Waals surface area contributed by atoms with E-state index in [0.717, 1.165) is 22.2 Å². The molecule has 7 heteroatoms. The van der Waals surface area contributed by atoms with Crippen molar-refractivity contribution < 1.29 is 17.6 Å². The molecule has 2 aromatic rings. The summed E-state index contributed by atoms with van der Waals surface area (Å²) in [6.07, 6.45) is 1.04. The zero-order valence-electron chi connectivity index (χ0n) is 14.2. The Morgan fingerprint density at radius 2 is 1.76 bits per heavy atom. The van der Waals surface area contributed by atoms with Crippen molar-refractivity contribution >= 4 is 21.6 Å². The third kappa shape index (κ3) is 5.56. The predicted molar refractivity (Wildman–Crippen MR) is 96.1 cm³/mol. The Labute approximate surface area is 147 Å². The molecule has 5 nitrogen and oxygen atoms in total. The van der Waals surface area contributed by atoms with Gasteiger partial charge in [-0.3, -0.25) is 9.10 Å². The maximum atomic E-state index is 13.4. The highest BCUT2D eigenvalue weighted by Crippen LogP contribution is 2.19. The molecule has 0 fully saturated rings. The van der Waals surface area contributed by atoms with Crippen LogP contribution in [-0.4, -0.2) is 39.1 Å². The lowest BCUT2D eigenvalue weighted by Crippen LogP contribution is -2.35. The fourth-order valence-corrected chi connectivity index (χ4v) is 3.37. The van der Waals surface area contributed by atoms with E-state index in [-0.39, 0.29) is 24.6 Å². The summed E-state index contributed by atoms with van der Waals surface area (Å²) in [6, 6.07) is 14.8. The van der Waals surface area contributed by atoms with E-state index in [1.165, 1.54) is 18.2 Å². The summed E-state index contributed by atoms with van der Waals surface area (Å²) < 4.78 is 38.4. The molecule has 2 rings (SSSR count). The van der Waals surface area contributed by atoms with Crippen molar-refractivity contribution in [2.45, 2.75) is 13.0 Å². The van der Waals surface area contributed by atoms with Crippen LogP contribution >= 0.6 is 0 Å². The summed E-state index contributed by atoms with van der Waals surface area (Å²) in [6.45, 7) is 0.402. The van der Waals surface area contributed by atoms with Gasteiger partial charge in [-0.2, -0.15) is 0 Å². The molecule has 0 aliphatic rings. The molecule has 0 bridgehead atoms. The summed E-state index contributed by atoms with van der Waals surface area (Å²) in [5.41, 5.74) is 1.20. The van der Waals surface area contributed by atoms with Gasteiger partial charge in [0, 0.05) is 26.6 Å². The van der Waals surface area contributed by atoms with Crippen molar-refractivity contribution in [1.29, 1.82) is 0 Å². The smallest absolute Gasteiger partial charge is 0.232 e. The van der Waals surface area contributed by atoms with E-state index >= 15 is 0 Å². The first-order valence-electron chi connectivity index (χ1n) is 7.78. The van der Waals surface area contributed by atoms with Crippen LogP contribution in [0.15, 0.2) is 54.6 Å². The molecule has 0 aromatic heterocycles. The van der Waals surface area contributed by atoms with E-state index in [4.69, 9.17) is 0 Å². The average Bonchev–Trinajstić information content (AvgIpc) is 2.54.